The molecule has 0 fully saturated rings. The molecule has 2 aromatic heterocycles. The Morgan fingerprint density at radius 3 is 2.79 bits per heavy atom. The molecule has 0 bridgehead atoms. The van der Waals surface area contributed by atoms with E-state index in [2.05, 4.69) is 4.52 Å². The average molecular weight is 486 g/mol. The molecule has 0 saturated carbocycles. The van der Waals surface area contributed by atoms with Crippen LogP contribution in [0, 0.1) is 12.7 Å². The molecular formula is C23H20FN2O7P. The van der Waals surface area contributed by atoms with Gasteiger partial charge in [-0.2, -0.15) is 0 Å². The number of ether oxygens (including phenoxy) is 2. The molecule has 2 N–H and O–H groups in total. The lowest BCUT2D eigenvalue weighted by molar-refractivity contribution is -0.167. The smallest absolute Gasteiger partial charge is 0.340 e. The standard InChI is InChI=1S/C23H20FN2O7P/c1-10-11-3-2-4-12-14-7-26-18(20(14)25-17(19(11)12)6-16(10)24)5-13-15(22(26)27)8-31-23(28)21(13)32-9-33-34(29)30/h5-6,21,29-30H,2-4,7-9H2,1H3. The molecule has 0 spiro atoms. The monoisotopic (exact) mass is 486 g/mol. The third-order valence-corrected chi connectivity index (χ3v) is 7.26. The molecule has 3 aromatic rings. The molecule has 0 radical (unpaired) electrons. The van der Waals surface area contributed by atoms with Crippen LogP contribution in [0.1, 0.15) is 45.9 Å². The van der Waals surface area contributed by atoms with Crippen molar-refractivity contribution in [2.45, 2.75) is 45.4 Å². The van der Waals surface area contributed by atoms with Gasteiger partial charge in [0, 0.05) is 22.6 Å². The van der Waals surface area contributed by atoms with E-state index in [4.69, 9.17) is 24.2 Å². The van der Waals surface area contributed by atoms with Gasteiger partial charge >= 0.3 is 14.6 Å². The number of nitrogens with zero attached hydrogens (tertiary/aromatic N) is 2. The summed E-state index contributed by atoms with van der Waals surface area (Å²) in [4.78, 5) is 48.4. The molecule has 4 heterocycles. The highest BCUT2D eigenvalue weighted by atomic mass is 31.2. The Bertz CT molecular complexity index is 1450. The first-order chi connectivity index (χ1) is 16.3. The number of hydrogen-bond donors (Lipinski definition) is 2. The molecule has 11 heteroatoms. The summed E-state index contributed by atoms with van der Waals surface area (Å²) >= 11 is 0. The van der Waals surface area contributed by atoms with Crippen LogP contribution in [-0.2, 0) is 44.8 Å². The second-order valence-corrected chi connectivity index (χ2v) is 9.40. The zero-order valence-electron chi connectivity index (χ0n) is 18.1. The highest BCUT2D eigenvalue weighted by Gasteiger charge is 2.37. The first-order valence-corrected chi connectivity index (χ1v) is 12.0. The maximum absolute atomic E-state index is 14.6. The van der Waals surface area contributed by atoms with Crippen molar-refractivity contribution in [2.24, 2.45) is 0 Å². The van der Waals surface area contributed by atoms with E-state index in [1.165, 1.54) is 6.07 Å². The van der Waals surface area contributed by atoms with Gasteiger partial charge in [0.25, 0.3) is 5.56 Å². The predicted molar refractivity (Wildman–Crippen MR) is 118 cm³/mol. The largest absolute Gasteiger partial charge is 0.458 e. The van der Waals surface area contributed by atoms with Crippen LogP contribution in [0.5, 0.6) is 0 Å². The summed E-state index contributed by atoms with van der Waals surface area (Å²) in [7, 11) is -2.66. The minimum Gasteiger partial charge on any atom is -0.458 e. The lowest BCUT2D eigenvalue weighted by atomic mass is 9.85. The number of fused-ring (bicyclic) bond motifs is 5. The quantitative estimate of drug-likeness (QED) is 0.257. The molecule has 0 saturated heterocycles. The summed E-state index contributed by atoms with van der Waals surface area (Å²) in [6.07, 6.45) is 1.24. The SMILES string of the molecule is Cc1c(F)cc2nc3c(c4c2c1CCC4)Cn1c-3cc2c(c1=O)COC(=O)C2OCOP(O)O. The van der Waals surface area contributed by atoms with Crippen LogP contribution in [0.3, 0.4) is 0 Å². The number of aryl methyl sites for hydroxylation is 2. The van der Waals surface area contributed by atoms with E-state index in [0.29, 0.717) is 34.6 Å². The van der Waals surface area contributed by atoms with Crippen molar-refractivity contribution < 1.29 is 33.0 Å². The van der Waals surface area contributed by atoms with Crippen LogP contribution >= 0.6 is 8.60 Å². The van der Waals surface area contributed by atoms with E-state index in [-0.39, 0.29) is 23.5 Å². The van der Waals surface area contributed by atoms with Crippen LogP contribution in [0.15, 0.2) is 16.9 Å². The molecule has 3 aliphatic rings. The zero-order chi connectivity index (χ0) is 23.7. The van der Waals surface area contributed by atoms with E-state index in [1.54, 1.807) is 17.6 Å². The number of hydrogen-bond acceptors (Lipinski definition) is 8. The first kappa shape index (κ1) is 21.8. The molecule has 34 heavy (non-hydrogen) atoms. The number of aromatic nitrogens is 2. The van der Waals surface area contributed by atoms with Crippen LogP contribution in [-0.4, -0.2) is 32.1 Å². The normalized spacial score (nSPS) is 18.1. The summed E-state index contributed by atoms with van der Waals surface area (Å²) in [6, 6.07) is 3.14. The lowest BCUT2D eigenvalue weighted by Gasteiger charge is -2.25. The highest BCUT2D eigenvalue weighted by Crippen LogP contribution is 2.42. The Morgan fingerprint density at radius 1 is 1.21 bits per heavy atom. The van der Waals surface area contributed by atoms with Crippen molar-refractivity contribution in [2.75, 3.05) is 6.79 Å². The highest BCUT2D eigenvalue weighted by molar-refractivity contribution is 7.39. The van der Waals surface area contributed by atoms with Gasteiger partial charge in [0.15, 0.2) is 12.9 Å². The predicted octanol–water partition coefficient (Wildman–Crippen LogP) is 2.66. The second kappa shape index (κ2) is 7.90. The van der Waals surface area contributed by atoms with Gasteiger partial charge in [0.05, 0.1) is 29.0 Å². The van der Waals surface area contributed by atoms with Crippen LogP contribution < -0.4 is 5.56 Å². The number of halogens is 1. The lowest BCUT2D eigenvalue weighted by Crippen LogP contribution is -2.33. The third-order valence-electron chi connectivity index (χ3n) is 6.92. The van der Waals surface area contributed by atoms with E-state index in [1.807, 2.05) is 0 Å². The Balaban J connectivity index is 1.53. The Kier molecular flexibility index (Phi) is 5.05. The maximum atomic E-state index is 14.6. The fourth-order valence-corrected chi connectivity index (χ4v) is 5.51. The van der Waals surface area contributed by atoms with Crippen molar-refractivity contribution in [3.05, 3.63) is 61.7 Å². The van der Waals surface area contributed by atoms with Gasteiger partial charge in [-0.25, -0.2) is 14.2 Å². The number of pyridine rings is 2. The summed E-state index contributed by atoms with van der Waals surface area (Å²) < 4.78 is 31.4. The molecule has 2 aliphatic heterocycles. The van der Waals surface area contributed by atoms with E-state index in [0.717, 1.165) is 41.3 Å². The Hall–Kier alpha value is -2.75. The van der Waals surface area contributed by atoms with Gasteiger partial charge in [-0.15, -0.1) is 0 Å². The topological polar surface area (TPSA) is 120 Å². The van der Waals surface area contributed by atoms with Gasteiger partial charge in [-0.1, -0.05) is 0 Å². The second-order valence-electron chi connectivity index (χ2n) is 8.64. The van der Waals surface area contributed by atoms with Gasteiger partial charge in [0.1, 0.15) is 12.4 Å². The van der Waals surface area contributed by atoms with Gasteiger partial charge in [0.2, 0.25) is 0 Å². The number of benzene rings is 1. The fraction of sp³-hybridized carbons (Fsp3) is 0.348. The van der Waals surface area contributed by atoms with Crippen molar-refractivity contribution in [1.82, 2.24) is 9.55 Å². The van der Waals surface area contributed by atoms with Crippen LogP contribution in [0.2, 0.25) is 0 Å². The number of cyclic esters (lactones) is 1. The number of rotatable bonds is 4. The van der Waals surface area contributed by atoms with Gasteiger partial charge in [-0.3, -0.25) is 9.32 Å². The van der Waals surface area contributed by atoms with E-state index >= 15 is 0 Å². The molecular weight excluding hydrogens is 466 g/mol. The summed E-state index contributed by atoms with van der Waals surface area (Å²) in [6.45, 7) is 1.37. The van der Waals surface area contributed by atoms with Gasteiger partial charge < -0.3 is 23.8 Å². The fourth-order valence-electron chi connectivity index (χ4n) is 5.35. The molecule has 1 unspecified atom stereocenters. The number of carbonyl (C=O) groups is 1. The minimum absolute atomic E-state index is 0.187. The first-order valence-electron chi connectivity index (χ1n) is 10.8. The van der Waals surface area contributed by atoms with Crippen molar-refractivity contribution >= 4 is 25.5 Å². The zero-order valence-corrected chi connectivity index (χ0v) is 19.0. The maximum Gasteiger partial charge on any atom is 0.340 e. The summed E-state index contributed by atoms with van der Waals surface area (Å²) in [5.41, 5.74) is 5.66. The molecule has 9 nitrogen and oxygen atoms in total. The summed E-state index contributed by atoms with van der Waals surface area (Å²) in [5.74, 6) is -1.00. The number of esters is 1. The minimum atomic E-state index is -2.66. The van der Waals surface area contributed by atoms with E-state index < -0.39 is 27.5 Å². The van der Waals surface area contributed by atoms with Gasteiger partial charge in [-0.05, 0) is 48.9 Å². The van der Waals surface area contributed by atoms with Crippen molar-refractivity contribution in [3.63, 3.8) is 0 Å². The Morgan fingerprint density at radius 2 is 2.00 bits per heavy atom. The molecule has 1 aliphatic carbocycles. The van der Waals surface area contributed by atoms with Crippen molar-refractivity contribution in [1.29, 1.82) is 0 Å². The molecule has 176 valence electrons. The molecule has 1 aromatic carbocycles. The molecule has 1 atom stereocenters. The van der Waals surface area contributed by atoms with Crippen LogP contribution in [0.4, 0.5) is 4.39 Å². The third kappa shape index (κ3) is 3.14. The Labute approximate surface area is 193 Å². The van der Waals surface area contributed by atoms with Crippen LogP contribution in [0.25, 0.3) is 22.3 Å². The number of carbonyl (C=O) groups excluding carboxylic acids is 1. The molecule has 0 amide bonds. The van der Waals surface area contributed by atoms with Crippen molar-refractivity contribution in [3.8, 4) is 11.4 Å². The molecule has 6 rings (SSSR count). The average Bonchev–Trinajstić information content (AvgIpc) is 3.18. The van der Waals surface area contributed by atoms with E-state index in [9.17, 15) is 14.0 Å². The summed E-state index contributed by atoms with van der Waals surface area (Å²) in [5, 5.41) is 0.982.